The van der Waals surface area contributed by atoms with Crippen LogP contribution in [0.3, 0.4) is 0 Å². The van der Waals surface area contributed by atoms with E-state index >= 15 is 0 Å². The smallest absolute Gasteiger partial charge is 0.331 e. The lowest BCUT2D eigenvalue weighted by Crippen LogP contribution is -2.04. The highest BCUT2D eigenvalue weighted by Gasteiger charge is 2.30. The molecule has 0 aliphatic rings. The van der Waals surface area contributed by atoms with E-state index in [0.29, 0.717) is 22.4 Å². The molecule has 4 nitrogen and oxygen atoms in total. The summed E-state index contributed by atoms with van der Waals surface area (Å²) in [6, 6.07) is 4.73. The molecule has 0 fully saturated rings. The van der Waals surface area contributed by atoms with Crippen molar-refractivity contribution in [2.45, 2.75) is 6.18 Å². The molecule has 2 heterocycles. The number of halogens is 4. The van der Waals surface area contributed by atoms with Crippen LogP contribution >= 0.6 is 11.6 Å². The Bertz CT molecular complexity index is 809. The minimum absolute atomic E-state index is 0.00361. The molecular formula is C13H8ClF3N4. The maximum Gasteiger partial charge on any atom is 0.416 e. The summed E-state index contributed by atoms with van der Waals surface area (Å²) in [6.45, 7) is 0. The molecule has 0 radical (unpaired) electrons. The molecule has 0 aliphatic heterocycles. The Balaban J connectivity index is 2.18. The van der Waals surface area contributed by atoms with Crippen molar-refractivity contribution in [2.24, 2.45) is 7.05 Å². The van der Waals surface area contributed by atoms with Crippen LogP contribution in [0.15, 0.2) is 30.6 Å². The van der Waals surface area contributed by atoms with E-state index in [1.807, 2.05) is 0 Å². The van der Waals surface area contributed by atoms with Crippen LogP contribution in [0.1, 0.15) is 5.56 Å². The number of alkyl halides is 3. The van der Waals surface area contributed by atoms with Gasteiger partial charge in [0.1, 0.15) is 11.2 Å². The van der Waals surface area contributed by atoms with Crippen LogP contribution in [-0.2, 0) is 13.2 Å². The SMILES string of the molecule is Cn1cnc2nc(Cl)nc(-c3ccc(C(F)(F)F)cc3)c21. The van der Waals surface area contributed by atoms with E-state index in [2.05, 4.69) is 15.0 Å². The Morgan fingerprint density at radius 2 is 1.76 bits per heavy atom. The number of benzene rings is 1. The number of hydrogen-bond donors (Lipinski definition) is 0. The summed E-state index contributed by atoms with van der Waals surface area (Å²) in [5, 5.41) is -0.00361. The Labute approximate surface area is 122 Å². The number of fused-ring (bicyclic) bond motifs is 1. The molecule has 3 aromatic rings. The normalized spacial score (nSPS) is 12.0. The van der Waals surface area contributed by atoms with Crippen LogP contribution in [0.4, 0.5) is 13.2 Å². The molecule has 0 atom stereocenters. The van der Waals surface area contributed by atoms with Crippen LogP contribution in [-0.4, -0.2) is 19.5 Å². The van der Waals surface area contributed by atoms with E-state index in [4.69, 9.17) is 11.6 Å². The molecule has 0 spiro atoms. The molecule has 2 aromatic heterocycles. The fourth-order valence-electron chi connectivity index (χ4n) is 2.05. The standard InChI is InChI=1S/C13H8ClF3N4/c1-21-6-18-11-10(21)9(19-12(14)20-11)7-2-4-8(5-3-7)13(15,16)17/h2-6H,1H3. The predicted octanol–water partition coefficient (Wildman–Crippen LogP) is 3.70. The van der Waals surface area contributed by atoms with Gasteiger partial charge in [-0.3, -0.25) is 0 Å². The zero-order valence-electron chi connectivity index (χ0n) is 10.7. The predicted molar refractivity (Wildman–Crippen MR) is 71.8 cm³/mol. The van der Waals surface area contributed by atoms with Crippen LogP contribution in [0.5, 0.6) is 0 Å². The average Bonchev–Trinajstić information content (AvgIpc) is 2.78. The fourth-order valence-corrected chi connectivity index (χ4v) is 2.21. The molecule has 8 heteroatoms. The molecule has 0 N–H and O–H groups in total. The molecule has 1 aromatic carbocycles. The molecule has 21 heavy (non-hydrogen) atoms. The van der Waals surface area contributed by atoms with Crippen molar-refractivity contribution in [2.75, 3.05) is 0 Å². The van der Waals surface area contributed by atoms with E-state index in [1.165, 1.54) is 12.1 Å². The second-order valence-corrected chi connectivity index (χ2v) is 4.78. The summed E-state index contributed by atoms with van der Waals surface area (Å²) in [7, 11) is 1.75. The maximum absolute atomic E-state index is 12.6. The van der Waals surface area contributed by atoms with E-state index in [0.717, 1.165) is 12.1 Å². The zero-order chi connectivity index (χ0) is 15.2. The molecule has 108 valence electrons. The van der Waals surface area contributed by atoms with Gasteiger partial charge in [-0.05, 0) is 23.7 Å². The van der Waals surface area contributed by atoms with Gasteiger partial charge in [0, 0.05) is 12.6 Å². The van der Waals surface area contributed by atoms with Crippen LogP contribution in [0.2, 0.25) is 5.28 Å². The summed E-state index contributed by atoms with van der Waals surface area (Å²) in [6.07, 6.45) is -2.83. The second kappa shape index (κ2) is 4.70. The molecule has 0 amide bonds. The van der Waals surface area contributed by atoms with Crippen molar-refractivity contribution >= 4 is 22.8 Å². The van der Waals surface area contributed by atoms with Crippen molar-refractivity contribution < 1.29 is 13.2 Å². The Hall–Kier alpha value is -2.15. The summed E-state index contributed by atoms with van der Waals surface area (Å²) in [4.78, 5) is 12.2. The van der Waals surface area contributed by atoms with E-state index < -0.39 is 11.7 Å². The van der Waals surface area contributed by atoms with Gasteiger partial charge in [0.15, 0.2) is 5.65 Å². The molecule has 3 rings (SSSR count). The van der Waals surface area contributed by atoms with Crippen molar-refractivity contribution in [1.29, 1.82) is 0 Å². The number of imidazole rings is 1. The van der Waals surface area contributed by atoms with Gasteiger partial charge in [-0.25, -0.2) is 9.97 Å². The molecule has 0 saturated heterocycles. The van der Waals surface area contributed by atoms with Gasteiger partial charge in [0.25, 0.3) is 0 Å². The molecule has 0 bridgehead atoms. The van der Waals surface area contributed by atoms with Crippen molar-refractivity contribution in [3.8, 4) is 11.3 Å². The lowest BCUT2D eigenvalue weighted by atomic mass is 10.1. The third-order valence-electron chi connectivity index (χ3n) is 3.03. The second-order valence-electron chi connectivity index (χ2n) is 4.44. The third kappa shape index (κ3) is 2.44. The topological polar surface area (TPSA) is 43.6 Å². The fraction of sp³-hybridized carbons (Fsp3) is 0.154. The largest absolute Gasteiger partial charge is 0.416 e. The Kier molecular flexibility index (Phi) is 3.09. The van der Waals surface area contributed by atoms with Gasteiger partial charge < -0.3 is 4.57 Å². The molecule has 0 unspecified atom stereocenters. The average molecular weight is 313 g/mol. The highest BCUT2D eigenvalue weighted by atomic mass is 35.5. The minimum Gasteiger partial charge on any atom is -0.331 e. The lowest BCUT2D eigenvalue weighted by Gasteiger charge is -2.08. The number of rotatable bonds is 1. The van der Waals surface area contributed by atoms with Crippen LogP contribution < -0.4 is 0 Å². The van der Waals surface area contributed by atoms with Crippen LogP contribution in [0.25, 0.3) is 22.4 Å². The van der Waals surface area contributed by atoms with E-state index in [1.54, 1.807) is 17.9 Å². The van der Waals surface area contributed by atoms with Crippen molar-refractivity contribution in [1.82, 2.24) is 19.5 Å². The Morgan fingerprint density at radius 3 is 2.38 bits per heavy atom. The monoisotopic (exact) mass is 312 g/mol. The molecular weight excluding hydrogens is 305 g/mol. The summed E-state index contributed by atoms with van der Waals surface area (Å²) in [5.74, 6) is 0. The van der Waals surface area contributed by atoms with Gasteiger partial charge in [-0.2, -0.15) is 18.2 Å². The molecule has 0 saturated carbocycles. The third-order valence-corrected chi connectivity index (χ3v) is 3.20. The first-order chi connectivity index (χ1) is 9.86. The summed E-state index contributed by atoms with van der Waals surface area (Å²) in [5.41, 5.74) is 1.25. The number of aromatic nitrogens is 4. The lowest BCUT2D eigenvalue weighted by molar-refractivity contribution is -0.137. The number of hydrogen-bond acceptors (Lipinski definition) is 3. The van der Waals surface area contributed by atoms with Gasteiger partial charge in [-0.15, -0.1) is 0 Å². The number of nitrogens with zero attached hydrogens (tertiary/aromatic N) is 4. The van der Waals surface area contributed by atoms with Crippen LogP contribution in [0, 0.1) is 0 Å². The van der Waals surface area contributed by atoms with Gasteiger partial charge >= 0.3 is 6.18 Å². The zero-order valence-corrected chi connectivity index (χ0v) is 11.4. The highest BCUT2D eigenvalue weighted by Crippen LogP contribution is 2.32. The van der Waals surface area contributed by atoms with Gasteiger partial charge in [0.05, 0.1) is 11.9 Å². The number of aryl methyl sites for hydroxylation is 1. The van der Waals surface area contributed by atoms with E-state index in [9.17, 15) is 13.2 Å². The van der Waals surface area contributed by atoms with Crippen molar-refractivity contribution in [3.05, 3.63) is 41.4 Å². The Morgan fingerprint density at radius 1 is 1.10 bits per heavy atom. The van der Waals surface area contributed by atoms with Crippen molar-refractivity contribution in [3.63, 3.8) is 0 Å². The summed E-state index contributed by atoms with van der Waals surface area (Å²) < 4.78 is 39.5. The quantitative estimate of drug-likeness (QED) is 0.643. The molecule has 0 aliphatic carbocycles. The maximum atomic E-state index is 12.6. The summed E-state index contributed by atoms with van der Waals surface area (Å²) >= 11 is 5.84. The minimum atomic E-state index is -4.37. The van der Waals surface area contributed by atoms with Gasteiger partial charge in [-0.1, -0.05) is 12.1 Å². The first-order valence-electron chi connectivity index (χ1n) is 5.88. The van der Waals surface area contributed by atoms with E-state index in [-0.39, 0.29) is 5.28 Å². The van der Waals surface area contributed by atoms with Gasteiger partial charge in [0.2, 0.25) is 5.28 Å². The first kappa shape index (κ1) is 13.8. The first-order valence-corrected chi connectivity index (χ1v) is 6.26. The highest BCUT2D eigenvalue weighted by molar-refractivity contribution is 6.28.